The molecule has 0 aliphatic rings. The first-order valence-corrected chi connectivity index (χ1v) is 9.89. The first-order chi connectivity index (χ1) is 16.1. The number of ether oxygens (including phenoxy) is 1. The van der Waals surface area contributed by atoms with Gasteiger partial charge in [-0.15, -0.1) is 0 Å². The highest BCUT2D eigenvalue weighted by Gasteiger charge is 2.16. The molecular formula is C24H19N7O2. The van der Waals surface area contributed by atoms with Gasteiger partial charge in [-0.1, -0.05) is 24.8 Å². The lowest BCUT2D eigenvalue weighted by Crippen LogP contribution is -2.07. The zero-order valence-electron chi connectivity index (χ0n) is 17.5. The van der Waals surface area contributed by atoms with Crippen molar-refractivity contribution in [2.24, 2.45) is 0 Å². The van der Waals surface area contributed by atoms with Crippen molar-refractivity contribution in [3.05, 3.63) is 91.0 Å². The molecule has 9 nitrogen and oxygen atoms in total. The number of nitrogen functional groups attached to an aromatic ring is 1. The van der Waals surface area contributed by atoms with Gasteiger partial charge in [-0.3, -0.25) is 9.48 Å². The lowest BCUT2D eigenvalue weighted by atomic mass is 10.1. The smallest absolute Gasteiger partial charge is 0.247 e. The number of nitrogens with one attached hydrogen (secondary N) is 1. The normalized spacial score (nSPS) is 10.3. The molecule has 3 N–H and O–H groups in total. The molecule has 162 valence electrons. The molecule has 0 bridgehead atoms. The summed E-state index contributed by atoms with van der Waals surface area (Å²) < 4.78 is 7.73. The van der Waals surface area contributed by atoms with E-state index >= 15 is 0 Å². The van der Waals surface area contributed by atoms with Gasteiger partial charge in [-0.25, -0.2) is 9.97 Å². The number of aromatic nitrogens is 4. The molecule has 33 heavy (non-hydrogen) atoms. The highest BCUT2D eigenvalue weighted by atomic mass is 16.5. The van der Waals surface area contributed by atoms with Gasteiger partial charge >= 0.3 is 0 Å². The Morgan fingerprint density at radius 3 is 2.82 bits per heavy atom. The van der Waals surface area contributed by atoms with E-state index in [1.54, 1.807) is 47.3 Å². The molecule has 0 radical (unpaired) electrons. The van der Waals surface area contributed by atoms with Crippen LogP contribution < -0.4 is 15.8 Å². The van der Waals surface area contributed by atoms with Crippen LogP contribution in [0.3, 0.4) is 0 Å². The summed E-state index contributed by atoms with van der Waals surface area (Å²) in [6.45, 7) is 3.96. The van der Waals surface area contributed by atoms with Crippen LogP contribution in [0.25, 0.3) is 11.1 Å². The van der Waals surface area contributed by atoms with Crippen molar-refractivity contribution in [1.82, 2.24) is 19.7 Å². The van der Waals surface area contributed by atoms with Gasteiger partial charge in [0.1, 0.15) is 17.9 Å². The Morgan fingerprint density at radius 1 is 1.24 bits per heavy atom. The van der Waals surface area contributed by atoms with Crippen molar-refractivity contribution in [3.63, 3.8) is 0 Å². The van der Waals surface area contributed by atoms with Crippen molar-refractivity contribution in [2.45, 2.75) is 6.54 Å². The monoisotopic (exact) mass is 437 g/mol. The van der Waals surface area contributed by atoms with Crippen LogP contribution in [-0.2, 0) is 11.3 Å². The van der Waals surface area contributed by atoms with Gasteiger partial charge in [0.15, 0.2) is 0 Å². The van der Waals surface area contributed by atoms with Crippen molar-refractivity contribution < 1.29 is 9.53 Å². The molecule has 9 heteroatoms. The molecule has 2 aromatic heterocycles. The van der Waals surface area contributed by atoms with Gasteiger partial charge in [-0.05, 0) is 35.9 Å². The largest absolute Gasteiger partial charge is 0.438 e. The average Bonchev–Trinajstić information content (AvgIpc) is 3.27. The van der Waals surface area contributed by atoms with Crippen molar-refractivity contribution in [2.75, 3.05) is 11.1 Å². The van der Waals surface area contributed by atoms with Crippen molar-refractivity contribution in [1.29, 1.82) is 5.26 Å². The molecule has 0 atom stereocenters. The van der Waals surface area contributed by atoms with Crippen LogP contribution in [0.1, 0.15) is 11.1 Å². The molecule has 0 aliphatic heterocycles. The van der Waals surface area contributed by atoms with Crippen LogP contribution in [0.5, 0.6) is 11.6 Å². The summed E-state index contributed by atoms with van der Waals surface area (Å²) in [5.41, 5.74) is 9.49. The summed E-state index contributed by atoms with van der Waals surface area (Å²) in [5, 5.41) is 16.0. The molecule has 2 aromatic carbocycles. The van der Waals surface area contributed by atoms with E-state index in [2.05, 4.69) is 33.0 Å². The Bertz CT molecular complexity index is 1350. The van der Waals surface area contributed by atoms with E-state index in [1.165, 1.54) is 12.4 Å². The lowest BCUT2D eigenvalue weighted by Gasteiger charge is -2.11. The second kappa shape index (κ2) is 9.45. The first-order valence-electron chi connectivity index (χ1n) is 9.89. The number of amides is 1. The minimum Gasteiger partial charge on any atom is -0.438 e. The Balaban J connectivity index is 1.59. The van der Waals surface area contributed by atoms with E-state index in [1.807, 2.05) is 18.3 Å². The summed E-state index contributed by atoms with van der Waals surface area (Å²) in [7, 11) is 0. The van der Waals surface area contributed by atoms with Crippen LogP contribution in [0.4, 0.5) is 11.5 Å². The highest BCUT2D eigenvalue weighted by Crippen LogP contribution is 2.35. The van der Waals surface area contributed by atoms with Gasteiger partial charge in [0, 0.05) is 23.5 Å². The number of nitriles is 1. The fourth-order valence-corrected chi connectivity index (χ4v) is 3.12. The molecule has 1 amide bonds. The van der Waals surface area contributed by atoms with Gasteiger partial charge in [0.25, 0.3) is 0 Å². The Hall–Kier alpha value is -4.97. The molecule has 0 unspecified atom stereocenters. The molecule has 0 saturated heterocycles. The number of hydrogen-bond donors (Lipinski definition) is 2. The van der Waals surface area contributed by atoms with Crippen LogP contribution >= 0.6 is 0 Å². The van der Waals surface area contributed by atoms with E-state index in [0.29, 0.717) is 34.7 Å². The number of benzene rings is 2. The summed E-state index contributed by atoms with van der Waals surface area (Å²) in [4.78, 5) is 19.9. The molecule has 0 spiro atoms. The minimum absolute atomic E-state index is 0.244. The van der Waals surface area contributed by atoms with Gasteiger partial charge in [-0.2, -0.15) is 10.4 Å². The van der Waals surface area contributed by atoms with Crippen LogP contribution in [0.15, 0.2) is 79.9 Å². The summed E-state index contributed by atoms with van der Waals surface area (Å²) in [6, 6.07) is 16.3. The fraction of sp³-hybridized carbons (Fsp3) is 0.0417. The number of hydrogen-bond acceptors (Lipinski definition) is 7. The molecule has 0 aliphatic carbocycles. The average molecular weight is 437 g/mol. The Morgan fingerprint density at radius 2 is 2.06 bits per heavy atom. The van der Waals surface area contributed by atoms with Crippen LogP contribution in [0, 0.1) is 11.3 Å². The van der Waals surface area contributed by atoms with Crippen LogP contribution in [-0.4, -0.2) is 25.7 Å². The van der Waals surface area contributed by atoms with E-state index in [0.717, 1.165) is 5.56 Å². The lowest BCUT2D eigenvalue weighted by molar-refractivity contribution is -0.111. The third-order valence-electron chi connectivity index (χ3n) is 4.69. The number of nitrogens with zero attached hydrogens (tertiary/aromatic N) is 5. The van der Waals surface area contributed by atoms with E-state index in [9.17, 15) is 4.79 Å². The SMILES string of the molecule is C=CC(=O)Nc1cccc(Oc2ncnc(N)c2-c2cnn(Cc3ccc(C#N)cc3)c2)c1. The van der Waals surface area contributed by atoms with E-state index in [-0.39, 0.29) is 17.6 Å². The van der Waals surface area contributed by atoms with Crippen molar-refractivity contribution in [3.8, 4) is 28.8 Å². The maximum atomic E-state index is 11.6. The standard InChI is InChI=1S/C24H19N7O2/c1-2-21(32)30-19-4-3-5-20(10-19)33-24-22(23(26)27-15-28-24)18-12-29-31(14-18)13-17-8-6-16(11-25)7-9-17/h2-10,12,14-15H,1,13H2,(H,30,32)(H2,26,27,28). The molecular weight excluding hydrogens is 418 g/mol. The van der Waals surface area contributed by atoms with E-state index < -0.39 is 0 Å². The maximum Gasteiger partial charge on any atom is 0.247 e. The van der Waals surface area contributed by atoms with Gasteiger partial charge in [0.05, 0.1) is 29.9 Å². The second-order valence-corrected chi connectivity index (χ2v) is 7.00. The molecule has 4 rings (SSSR count). The number of nitrogens with two attached hydrogens (primary N) is 1. The quantitative estimate of drug-likeness (QED) is 0.421. The molecule has 2 heterocycles. The number of carbonyl (C=O) groups excluding carboxylic acids is 1. The minimum atomic E-state index is -0.325. The maximum absolute atomic E-state index is 11.6. The highest BCUT2D eigenvalue weighted by molar-refractivity contribution is 5.98. The first kappa shape index (κ1) is 21.3. The Labute approximate surface area is 189 Å². The van der Waals surface area contributed by atoms with Crippen molar-refractivity contribution >= 4 is 17.4 Å². The predicted octanol–water partition coefficient (Wildman–Crippen LogP) is 3.76. The van der Waals surface area contributed by atoms with Gasteiger partial charge in [0.2, 0.25) is 11.8 Å². The number of rotatable bonds is 7. The third-order valence-corrected chi connectivity index (χ3v) is 4.69. The summed E-state index contributed by atoms with van der Waals surface area (Å²) in [6.07, 6.45) is 5.98. The van der Waals surface area contributed by atoms with Crippen LogP contribution in [0.2, 0.25) is 0 Å². The molecule has 0 saturated carbocycles. The fourth-order valence-electron chi connectivity index (χ4n) is 3.12. The topological polar surface area (TPSA) is 132 Å². The Kier molecular flexibility index (Phi) is 6.09. The number of carbonyl (C=O) groups is 1. The third kappa shape index (κ3) is 5.03. The zero-order valence-corrected chi connectivity index (χ0v) is 17.5. The molecule has 0 fully saturated rings. The number of anilines is 2. The zero-order chi connectivity index (χ0) is 23.2. The van der Waals surface area contributed by atoms with Gasteiger partial charge < -0.3 is 15.8 Å². The summed E-state index contributed by atoms with van der Waals surface area (Å²) >= 11 is 0. The molecule has 4 aromatic rings. The predicted molar refractivity (Wildman–Crippen MR) is 123 cm³/mol. The second-order valence-electron chi connectivity index (χ2n) is 7.00. The van der Waals surface area contributed by atoms with E-state index in [4.69, 9.17) is 15.7 Å². The summed E-state index contributed by atoms with van der Waals surface area (Å²) in [5.74, 6) is 0.636.